The van der Waals surface area contributed by atoms with Gasteiger partial charge in [0.1, 0.15) is 11.4 Å². The Hall–Kier alpha value is -1.57. The number of benzene rings is 1. The van der Waals surface area contributed by atoms with E-state index < -0.39 is 5.54 Å². The second-order valence-corrected chi connectivity index (χ2v) is 7.06. The molecule has 1 aliphatic rings. The van der Waals surface area contributed by atoms with Gasteiger partial charge in [-0.15, -0.1) is 37.2 Å². The lowest BCUT2D eigenvalue weighted by Gasteiger charge is -2.33. The first-order valence-corrected chi connectivity index (χ1v) is 8.98. The standard InChI is InChI=1S/C20H27N5O.3ClH/c1-20(21,17-6-4-3-5-7-17)19(26)23-15-16-8-9-22-18(14-16)25-12-10-24(2)11-13-25;;;/h3-9,14H,10-13,15,21H2,1-2H3,(H,23,26);3*1H. The number of likely N-dealkylation sites (N-methyl/N-ethyl adjacent to an activating group) is 1. The van der Waals surface area contributed by atoms with Crippen LogP contribution in [0, 0.1) is 0 Å². The van der Waals surface area contributed by atoms with Gasteiger partial charge in [-0.25, -0.2) is 4.98 Å². The first-order chi connectivity index (χ1) is 12.5. The summed E-state index contributed by atoms with van der Waals surface area (Å²) in [5.41, 5.74) is 7.02. The zero-order valence-electron chi connectivity index (χ0n) is 16.7. The molecule has 1 fully saturated rings. The molecule has 1 saturated heterocycles. The Kier molecular flexibility index (Phi) is 11.5. The number of rotatable bonds is 5. The third-order valence-corrected chi connectivity index (χ3v) is 4.94. The van der Waals surface area contributed by atoms with Gasteiger partial charge in [-0.1, -0.05) is 30.3 Å². The van der Waals surface area contributed by atoms with Crippen LogP contribution >= 0.6 is 37.2 Å². The molecule has 3 N–H and O–H groups in total. The predicted octanol–water partition coefficient (Wildman–Crippen LogP) is 2.59. The largest absolute Gasteiger partial charge is 0.354 e. The van der Waals surface area contributed by atoms with Crippen molar-refractivity contribution in [2.45, 2.75) is 19.0 Å². The molecule has 1 amide bonds. The van der Waals surface area contributed by atoms with Crippen LogP contribution in [-0.4, -0.2) is 49.0 Å². The third kappa shape index (κ3) is 7.01. The molecule has 0 bridgehead atoms. The summed E-state index contributed by atoms with van der Waals surface area (Å²) in [6, 6.07) is 13.4. The van der Waals surface area contributed by atoms with Crippen molar-refractivity contribution in [1.29, 1.82) is 0 Å². The molecule has 162 valence electrons. The molecule has 1 aromatic heterocycles. The van der Waals surface area contributed by atoms with Crippen molar-refractivity contribution in [3.05, 3.63) is 59.8 Å². The van der Waals surface area contributed by atoms with E-state index in [4.69, 9.17) is 5.73 Å². The molecular weight excluding hydrogens is 433 g/mol. The van der Waals surface area contributed by atoms with Gasteiger partial charge in [0.15, 0.2) is 0 Å². The van der Waals surface area contributed by atoms with E-state index in [0.717, 1.165) is 43.1 Å². The summed E-state index contributed by atoms with van der Waals surface area (Å²) in [5.74, 6) is 0.769. The molecule has 1 unspecified atom stereocenters. The fraction of sp³-hybridized carbons (Fsp3) is 0.400. The van der Waals surface area contributed by atoms with Gasteiger partial charge in [-0.3, -0.25) is 4.79 Å². The van der Waals surface area contributed by atoms with Crippen molar-refractivity contribution in [3.8, 4) is 0 Å². The Morgan fingerprint density at radius 3 is 2.34 bits per heavy atom. The van der Waals surface area contributed by atoms with Gasteiger partial charge in [0, 0.05) is 38.9 Å². The van der Waals surface area contributed by atoms with Crippen LogP contribution < -0.4 is 16.0 Å². The Labute approximate surface area is 191 Å². The lowest BCUT2D eigenvalue weighted by atomic mass is 9.92. The van der Waals surface area contributed by atoms with Crippen LogP contribution in [0.2, 0.25) is 0 Å². The number of carbonyl (C=O) groups is 1. The van der Waals surface area contributed by atoms with E-state index in [2.05, 4.69) is 27.1 Å². The normalized spacial score (nSPS) is 15.8. The summed E-state index contributed by atoms with van der Waals surface area (Å²) in [5, 5.41) is 2.96. The monoisotopic (exact) mass is 461 g/mol. The molecule has 2 heterocycles. The second kappa shape index (κ2) is 12.2. The Bertz CT molecular complexity index is 753. The van der Waals surface area contributed by atoms with Gasteiger partial charge in [0.25, 0.3) is 0 Å². The predicted molar refractivity (Wildman–Crippen MR) is 126 cm³/mol. The molecule has 1 atom stereocenters. The highest BCUT2D eigenvalue weighted by Crippen LogP contribution is 2.18. The van der Waals surface area contributed by atoms with Crippen molar-refractivity contribution in [2.75, 3.05) is 38.1 Å². The molecule has 29 heavy (non-hydrogen) atoms. The van der Waals surface area contributed by atoms with Crippen LogP contribution in [0.5, 0.6) is 0 Å². The topological polar surface area (TPSA) is 74.5 Å². The molecular formula is C20H30Cl3N5O. The van der Waals surface area contributed by atoms with Crippen LogP contribution in [0.25, 0.3) is 0 Å². The van der Waals surface area contributed by atoms with Crippen LogP contribution in [0.1, 0.15) is 18.1 Å². The maximum Gasteiger partial charge on any atom is 0.244 e. The van der Waals surface area contributed by atoms with Gasteiger partial charge in [0.05, 0.1) is 0 Å². The summed E-state index contributed by atoms with van der Waals surface area (Å²) in [4.78, 5) is 21.7. The zero-order valence-corrected chi connectivity index (χ0v) is 19.2. The number of amides is 1. The molecule has 3 rings (SSSR count). The SMILES string of the molecule is CN1CCN(c2cc(CNC(=O)C(C)(N)c3ccccc3)ccn2)CC1.Cl.Cl.Cl. The number of pyridine rings is 1. The number of anilines is 1. The van der Waals surface area contributed by atoms with Crippen LogP contribution in [0.3, 0.4) is 0 Å². The summed E-state index contributed by atoms with van der Waals surface area (Å²) in [7, 11) is 2.13. The van der Waals surface area contributed by atoms with Gasteiger partial charge < -0.3 is 20.9 Å². The van der Waals surface area contributed by atoms with Crippen molar-refractivity contribution < 1.29 is 4.79 Å². The van der Waals surface area contributed by atoms with Gasteiger partial charge in [-0.2, -0.15) is 0 Å². The molecule has 0 aliphatic carbocycles. The summed E-state index contributed by atoms with van der Waals surface area (Å²) in [6.07, 6.45) is 1.80. The fourth-order valence-corrected chi connectivity index (χ4v) is 3.06. The molecule has 0 spiro atoms. The Morgan fingerprint density at radius 1 is 1.10 bits per heavy atom. The third-order valence-electron chi connectivity index (χ3n) is 4.94. The van der Waals surface area contributed by atoms with Crippen molar-refractivity contribution in [3.63, 3.8) is 0 Å². The van der Waals surface area contributed by atoms with Gasteiger partial charge >= 0.3 is 0 Å². The number of hydrogen-bond donors (Lipinski definition) is 2. The number of aromatic nitrogens is 1. The first-order valence-electron chi connectivity index (χ1n) is 8.98. The van der Waals surface area contributed by atoms with Gasteiger partial charge in [-0.05, 0) is 37.2 Å². The van der Waals surface area contributed by atoms with E-state index in [1.54, 1.807) is 13.1 Å². The van der Waals surface area contributed by atoms with E-state index >= 15 is 0 Å². The Balaban J connectivity index is 0.00000261. The number of nitrogens with one attached hydrogen (secondary N) is 1. The van der Waals surface area contributed by atoms with E-state index in [-0.39, 0.29) is 43.1 Å². The van der Waals surface area contributed by atoms with Crippen molar-refractivity contribution in [2.24, 2.45) is 5.73 Å². The second-order valence-electron chi connectivity index (χ2n) is 7.06. The summed E-state index contributed by atoms with van der Waals surface area (Å²) >= 11 is 0. The molecule has 1 aliphatic heterocycles. The minimum atomic E-state index is -1.06. The van der Waals surface area contributed by atoms with Crippen LogP contribution in [-0.2, 0) is 16.9 Å². The zero-order chi connectivity index (χ0) is 18.6. The van der Waals surface area contributed by atoms with E-state index in [0.29, 0.717) is 6.54 Å². The van der Waals surface area contributed by atoms with Crippen molar-refractivity contribution >= 4 is 48.9 Å². The van der Waals surface area contributed by atoms with E-state index in [1.165, 1.54) is 0 Å². The minimum Gasteiger partial charge on any atom is -0.354 e. The van der Waals surface area contributed by atoms with E-state index in [9.17, 15) is 4.79 Å². The number of carbonyl (C=O) groups excluding carboxylic acids is 1. The molecule has 1 aromatic carbocycles. The molecule has 9 heteroatoms. The maximum absolute atomic E-state index is 12.6. The maximum atomic E-state index is 12.6. The average molecular weight is 463 g/mol. The smallest absolute Gasteiger partial charge is 0.244 e. The average Bonchev–Trinajstić information content (AvgIpc) is 2.67. The highest BCUT2D eigenvalue weighted by atomic mass is 35.5. The number of halogens is 3. The molecule has 0 radical (unpaired) electrons. The lowest BCUT2D eigenvalue weighted by Crippen LogP contribution is -2.48. The minimum absolute atomic E-state index is 0. The quantitative estimate of drug-likeness (QED) is 0.714. The lowest BCUT2D eigenvalue weighted by molar-refractivity contribution is -0.126. The summed E-state index contributed by atoms with van der Waals surface area (Å²) < 4.78 is 0. The number of nitrogens with two attached hydrogens (primary N) is 1. The Morgan fingerprint density at radius 2 is 1.72 bits per heavy atom. The summed E-state index contributed by atoms with van der Waals surface area (Å²) in [6.45, 7) is 6.17. The number of piperazine rings is 1. The molecule has 2 aromatic rings. The van der Waals surface area contributed by atoms with Gasteiger partial charge in [0.2, 0.25) is 5.91 Å². The number of nitrogens with zero attached hydrogens (tertiary/aromatic N) is 3. The fourth-order valence-electron chi connectivity index (χ4n) is 3.06. The van der Waals surface area contributed by atoms with Crippen LogP contribution in [0.15, 0.2) is 48.7 Å². The highest BCUT2D eigenvalue weighted by molar-refractivity contribution is 5.87. The highest BCUT2D eigenvalue weighted by Gasteiger charge is 2.30. The molecule has 0 saturated carbocycles. The first kappa shape index (κ1) is 27.4. The van der Waals surface area contributed by atoms with Crippen molar-refractivity contribution in [1.82, 2.24) is 15.2 Å². The molecule has 6 nitrogen and oxygen atoms in total. The van der Waals surface area contributed by atoms with E-state index in [1.807, 2.05) is 42.5 Å². The van der Waals surface area contributed by atoms with Crippen LogP contribution in [0.4, 0.5) is 5.82 Å². The number of hydrogen-bond acceptors (Lipinski definition) is 5.